The molecule has 0 aromatic heterocycles. The number of hydrogen-bond acceptors (Lipinski definition) is 3. The third-order valence-corrected chi connectivity index (χ3v) is 4.19. The van der Waals surface area contributed by atoms with Crippen molar-refractivity contribution in [2.24, 2.45) is 17.6 Å². The van der Waals surface area contributed by atoms with Crippen LogP contribution in [0.2, 0.25) is 0 Å². The number of carbonyl (C=O) groups is 1. The molecule has 0 radical (unpaired) electrons. The van der Waals surface area contributed by atoms with E-state index in [4.69, 9.17) is 10.5 Å². The minimum Gasteiger partial charge on any atom is -0.490 e. The van der Waals surface area contributed by atoms with E-state index in [-0.39, 0.29) is 47.9 Å². The molecule has 130 valence electrons. The average molecular weight is 345 g/mol. The lowest BCUT2D eigenvalue weighted by Crippen LogP contribution is -2.39. The van der Waals surface area contributed by atoms with Crippen molar-refractivity contribution in [3.8, 4) is 5.75 Å². The summed E-state index contributed by atoms with van der Waals surface area (Å²) in [5, 5.41) is 2.86. The predicted octanol–water partition coefficient (Wildman–Crippen LogP) is 3.20. The summed E-state index contributed by atoms with van der Waals surface area (Å²) in [6.45, 7) is 5.97. The first-order chi connectivity index (χ1) is 10.4. The first kappa shape index (κ1) is 19.7. The van der Waals surface area contributed by atoms with Crippen LogP contribution in [0.1, 0.15) is 45.2 Å². The van der Waals surface area contributed by atoms with E-state index in [0.717, 1.165) is 0 Å². The topological polar surface area (TPSA) is 64.4 Å². The maximum atomic E-state index is 14.0. The normalized spacial score (nSPS) is 17.6. The Bertz CT molecular complexity index is 535. The van der Waals surface area contributed by atoms with Crippen LogP contribution >= 0.6 is 12.4 Å². The largest absolute Gasteiger partial charge is 0.490 e. The summed E-state index contributed by atoms with van der Waals surface area (Å²) < 4.78 is 19.5. The van der Waals surface area contributed by atoms with E-state index in [1.165, 1.54) is 18.9 Å². The van der Waals surface area contributed by atoms with E-state index >= 15 is 0 Å². The van der Waals surface area contributed by atoms with Gasteiger partial charge in [-0.2, -0.15) is 0 Å². The van der Waals surface area contributed by atoms with Gasteiger partial charge in [0.1, 0.15) is 0 Å². The number of halogens is 2. The Kier molecular flexibility index (Phi) is 7.29. The fourth-order valence-corrected chi connectivity index (χ4v) is 2.06. The Morgan fingerprint density at radius 3 is 2.57 bits per heavy atom. The molecule has 1 aliphatic rings. The van der Waals surface area contributed by atoms with E-state index in [1.807, 2.05) is 6.92 Å². The molecule has 3 N–H and O–H groups in total. The second-order valence-electron chi connectivity index (χ2n) is 6.32. The molecule has 1 aromatic carbocycles. The van der Waals surface area contributed by atoms with Crippen LogP contribution in [0.3, 0.4) is 0 Å². The highest BCUT2D eigenvalue weighted by atomic mass is 35.5. The van der Waals surface area contributed by atoms with Gasteiger partial charge in [0.2, 0.25) is 5.91 Å². The van der Waals surface area contributed by atoms with Gasteiger partial charge in [0.05, 0.1) is 12.6 Å². The Morgan fingerprint density at radius 2 is 2.04 bits per heavy atom. The molecule has 1 aliphatic carbocycles. The maximum absolute atomic E-state index is 14.0. The Morgan fingerprint density at radius 1 is 1.39 bits per heavy atom. The van der Waals surface area contributed by atoms with Gasteiger partial charge in [-0.25, -0.2) is 4.39 Å². The Balaban J connectivity index is 0.00000264. The first-order valence-electron chi connectivity index (χ1n) is 7.86. The number of amides is 1. The van der Waals surface area contributed by atoms with E-state index in [1.54, 1.807) is 26.0 Å². The number of rotatable bonds is 7. The molecule has 0 aliphatic heterocycles. The van der Waals surface area contributed by atoms with E-state index in [9.17, 15) is 9.18 Å². The van der Waals surface area contributed by atoms with Gasteiger partial charge in [0, 0.05) is 12.0 Å². The molecule has 6 heteroatoms. The maximum Gasteiger partial charge on any atom is 0.224 e. The quantitative estimate of drug-likeness (QED) is 0.798. The number of benzene rings is 1. The van der Waals surface area contributed by atoms with Crippen molar-refractivity contribution < 1.29 is 13.9 Å². The highest BCUT2D eigenvalue weighted by molar-refractivity contribution is 5.85. The van der Waals surface area contributed by atoms with Crippen molar-refractivity contribution in [3.05, 3.63) is 29.6 Å². The van der Waals surface area contributed by atoms with Crippen molar-refractivity contribution in [2.75, 3.05) is 6.61 Å². The molecule has 1 amide bonds. The zero-order valence-corrected chi connectivity index (χ0v) is 14.7. The standard InChI is InChI=1S/C17H25FN2O2.ClH/c1-10(11(2)19)17(21)20-12(3)14-6-7-16(15(18)8-14)22-9-13-4-5-13;/h6-8,10-13H,4-5,9,19H2,1-3H3,(H,20,21);1H. The molecule has 0 saturated heterocycles. The number of carbonyl (C=O) groups excluding carboxylic acids is 1. The highest BCUT2D eigenvalue weighted by Gasteiger charge is 2.23. The van der Waals surface area contributed by atoms with Crippen molar-refractivity contribution in [3.63, 3.8) is 0 Å². The summed E-state index contributed by atoms with van der Waals surface area (Å²) in [4.78, 5) is 12.0. The molecule has 3 atom stereocenters. The first-order valence-corrected chi connectivity index (χ1v) is 7.86. The summed E-state index contributed by atoms with van der Waals surface area (Å²) in [6.07, 6.45) is 2.33. The molecule has 0 bridgehead atoms. The van der Waals surface area contributed by atoms with Crippen LogP contribution in [0, 0.1) is 17.7 Å². The van der Waals surface area contributed by atoms with Gasteiger partial charge >= 0.3 is 0 Å². The van der Waals surface area contributed by atoms with Gasteiger partial charge in [-0.05, 0) is 50.3 Å². The van der Waals surface area contributed by atoms with Crippen LogP contribution < -0.4 is 15.8 Å². The van der Waals surface area contributed by atoms with Crippen LogP contribution in [-0.4, -0.2) is 18.6 Å². The summed E-state index contributed by atoms with van der Waals surface area (Å²) >= 11 is 0. The van der Waals surface area contributed by atoms with Gasteiger partial charge in [0.15, 0.2) is 11.6 Å². The summed E-state index contributed by atoms with van der Waals surface area (Å²) in [6, 6.07) is 4.34. The van der Waals surface area contributed by atoms with Gasteiger partial charge in [-0.15, -0.1) is 12.4 Å². The van der Waals surface area contributed by atoms with Crippen molar-refractivity contribution >= 4 is 18.3 Å². The number of nitrogens with one attached hydrogen (secondary N) is 1. The lowest BCUT2D eigenvalue weighted by atomic mass is 10.0. The molecule has 1 saturated carbocycles. The molecule has 23 heavy (non-hydrogen) atoms. The highest BCUT2D eigenvalue weighted by Crippen LogP contribution is 2.30. The van der Waals surface area contributed by atoms with E-state index < -0.39 is 0 Å². The predicted molar refractivity (Wildman–Crippen MR) is 91.2 cm³/mol. The van der Waals surface area contributed by atoms with Crippen LogP contribution in [0.15, 0.2) is 18.2 Å². The minimum absolute atomic E-state index is 0. The Labute approximate surface area is 143 Å². The third-order valence-electron chi connectivity index (χ3n) is 4.19. The summed E-state index contributed by atoms with van der Waals surface area (Å²) in [5.74, 6) is 0.0556. The zero-order valence-electron chi connectivity index (χ0n) is 13.8. The number of nitrogens with two attached hydrogens (primary N) is 1. The van der Waals surface area contributed by atoms with Gasteiger partial charge in [-0.3, -0.25) is 4.79 Å². The van der Waals surface area contributed by atoms with Gasteiger partial charge in [0.25, 0.3) is 0 Å². The molecule has 1 fully saturated rings. The van der Waals surface area contributed by atoms with Crippen molar-refractivity contribution in [2.45, 2.75) is 45.7 Å². The smallest absolute Gasteiger partial charge is 0.224 e. The summed E-state index contributed by atoms with van der Waals surface area (Å²) in [7, 11) is 0. The van der Waals surface area contributed by atoms with Crippen LogP contribution in [-0.2, 0) is 4.79 Å². The molecule has 4 nitrogen and oxygen atoms in total. The monoisotopic (exact) mass is 344 g/mol. The molecule has 1 aromatic rings. The lowest BCUT2D eigenvalue weighted by molar-refractivity contribution is -0.125. The summed E-state index contributed by atoms with van der Waals surface area (Å²) in [5.41, 5.74) is 6.43. The van der Waals surface area contributed by atoms with Crippen LogP contribution in [0.5, 0.6) is 5.75 Å². The number of hydrogen-bond donors (Lipinski definition) is 2. The van der Waals surface area contributed by atoms with Crippen LogP contribution in [0.25, 0.3) is 0 Å². The SMILES string of the molecule is CC(NC(=O)C(C)C(C)N)c1ccc(OCC2CC2)c(F)c1.Cl. The molecular weight excluding hydrogens is 319 g/mol. The number of ether oxygens (including phenoxy) is 1. The fraction of sp³-hybridized carbons (Fsp3) is 0.588. The third kappa shape index (κ3) is 5.66. The van der Waals surface area contributed by atoms with E-state index in [2.05, 4.69) is 5.32 Å². The second-order valence-corrected chi connectivity index (χ2v) is 6.32. The fourth-order valence-electron chi connectivity index (χ4n) is 2.06. The van der Waals surface area contributed by atoms with Crippen molar-refractivity contribution in [1.82, 2.24) is 5.32 Å². The molecule has 2 rings (SSSR count). The molecule has 0 heterocycles. The lowest BCUT2D eigenvalue weighted by Gasteiger charge is -2.20. The molecule has 3 unspecified atom stereocenters. The van der Waals surface area contributed by atoms with Crippen molar-refractivity contribution in [1.29, 1.82) is 0 Å². The van der Waals surface area contributed by atoms with E-state index in [0.29, 0.717) is 18.1 Å². The molecular formula is C17H26ClFN2O2. The minimum atomic E-state index is -0.389. The molecule has 0 spiro atoms. The average Bonchev–Trinajstić information content (AvgIpc) is 3.28. The Hall–Kier alpha value is -1.33. The second kappa shape index (κ2) is 8.50. The van der Waals surface area contributed by atoms with Gasteiger partial charge in [-0.1, -0.05) is 13.0 Å². The van der Waals surface area contributed by atoms with Crippen LogP contribution in [0.4, 0.5) is 4.39 Å². The van der Waals surface area contributed by atoms with Gasteiger partial charge < -0.3 is 15.8 Å². The zero-order chi connectivity index (χ0) is 16.3.